The molecule has 6 rings (SSSR count). The minimum absolute atomic E-state index is 0.0504. The number of benzene rings is 2. The molecule has 2 N–H and O–H groups in total. The van der Waals surface area contributed by atoms with Crippen LogP contribution in [0.2, 0.25) is 0 Å². The molecule has 0 aromatic heterocycles. The lowest BCUT2D eigenvalue weighted by molar-refractivity contribution is 0.0596. The third-order valence-corrected chi connectivity index (χ3v) is 8.63. The number of nitrogens with one attached hydrogen (secondary N) is 1. The van der Waals surface area contributed by atoms with Crippen LogP contribution in [0.4, 0.5) is 5.69 Å². The lowest BCUT2D eigenvalue weighted by Gasteiger charge is -2.50. The summed E-state index contributed by atoms with van der Waals surface area (Å²) < 4.78 is 6.79. The molecule has 2 aromatic rings. The molecule has 0 amide bonds. The fraction of sp³-hybridized carbons (Fsp3) is 0.519. The zero-order chi connectivity index (χ0) is 21.9. The Balaban J connectivity index is 1.47. The van der Waals surface area contributed by atoms with Crippen LogP contribution in [0.5, 0.6) is 11.5 Å². The SMILES string of the molecule is CN1CC[C@@]23CCC[C@@H](N4CCCc5ccccc54)[C@@H]2Oc2c(O)ccc(c23)C[C@@H]1C=N. The van der Waals surface area contributed by atoms with Gasteiger partial charge in [-0.3, -0.25) is 4.90 Å². The van der Waals surface area contributed by atoms with Crippen LogP contribution >= 0.6 is 0 Å². The molecule has 5 nitrogen and oxygen atoms in total. The first-order valence-electron chi connectivity index (χ1n) is 12.2. The van der Waals surface area contributed by atoms with Crippen LogP contribution in [0.1, 0.15) is 48.8 Å². The van der Waals surface area contributed by atoms with Gasteiger partial charge in [0.05, 0.1) is 6.04 Å². The number of hydrogen-bond acceptors (Lipinski definition) is 5. The third kappa shape index (κ3) is 2.83. The van der Waals surface area contributed by atoms with Crippen LogP contribution in [0, 0.1) is 5.41 Å². The van der Waals surface area contributed by atoms with Crippen LogP contribution < -0.4 is 9.64 Å². The second-order valence-electron chi connectivity index (χ2n) is 10.2. The molecule has 168 valence electrons. The van der Waals surface area contributed by atoms with E-state index in [0.717, 1.165) is 50.9 Å². The topological polar surface area (TPSA) is 59.8 Å². The van der Waals surface area contributed by atoms with Crippen molar-refractivity contribution < 1.29 is 9.84 Å². The van der Waals surface area contributed by atoms with Gasteiger partial charge in [0.2, 0.25) is 0 Å². The van der Waals surface area contributed by atoms with Crippen molar-refractivity contribution in [3.8, 4) is 11.5 Å². The summed E-state index contributed by atoms with van der Waals surface area (Å²) >= 11 is 0. The Bertz CT molecular complexity index is 1050. The summed E-state index contributed by atoms with van der Waals surface area (Å²) in [5.41, 5.74) is 5.25. The van der Waals surface area contributed by atoms with Crippen LogP contribution in [-0.4, -0.2) is 54.5 Å². The summed E-state index contributed by atoms with van der Waals surface area (Å²) in [6.45, 7) is 2.01. The van der Waals surface area contributed by atoms with E-state index in [0.29, 0.717) is 6.04 Å². The van der Waals surface area contributed by atoms with E-state index < -0.39 is 0 Å². The number of hydrogen-bond donors (Lipinski definition) is 2. The van der Waals surface area contributed by atoms with Crippen molar-refractivity contribution in [1.82, 2.24) is 4.90 Å². The van der Waals surface area contributed by atoms with Gasteiger partial charge < -0.3 is 20.2 Å². The van der Waals surface area contributed by atoms with E-state index in [2.05, 4.69) is 47.2 Å². The van der Waals surface area contributed by atoms with Crippen LogP contribution in [-0.2, 0) is 18.3 Å². The zero-order valence-corrected chi connectivity index (χ0v) is 18.9. The fourth-order valence-corrected chi connectivity index (χ4v) is 7.05. The number of nitrogens with zero attached hydrogens (tertiary/aromatic N) is 2. The quantitative estimate of drug-likeness (QED) is 0.697. The predicted octanol–water partition coefficient (Wildman–Crippen LogP) is 4.29. The first kappa shape index (κ1) is 20.1. The van der Waals surface area contributed by atoms with Gasteiger partial charge in [0.15, 0.2) is 11.5 Å². The van der Waals surface area contributed by atoms with Crippen molar-refractivity contribution in [1.29, 1.82) is 5.41 Å². The number of rotatable bonds is 2. The Labute approximate surface area is 190 Å². The van der Waals surface area contributed by atoms with Gasteiger partial charge in [0.25, 0.3) is 0 Å². The maximum Gasteiger partial charge on any atom is 0.165 e. The minimum Gasteiger partial charge on any atom is -0.504 e. The van der Waals surface area contributed by atoms with Crippen LogP contribution in [0.25, 0.3) is 0 Å². The number of aromatic hydroxyl groups is 1. The summed E-state index contributed by atoms with van der Waals surface area (Å²) in [6.07, 6.45) is 9.17. The molecular weight excluding hydrogens is 398 g/mol. The molecule has 32 heavy (non-hydrogen) atoms. The molecule has 1 fully saturated rings. The van der Waals surface area contributed by atoms with Gasteiger partial charge in [-0.15, -0.1) is 0 Å². The van der Waals surface area contributed by atoms with E-state index in [1.54, 1.807) is 12.3 Å². The average Bonchev–Trinajstić information content (AvgIpc) is 3.17. The molecular formula is C27H33N3O2. The maximum absolute atomic E-state index is 10.8. The zero-order valence-electron chi connectivity index (χ0n) is 18.9. The number of phenols is 1. The summed E-state index contributed by atoms with van der Waals surface area (Å²) in [4.78, 5) is 4.95. The van der Waals surface area contributed by atoms with Crippen molar-refractivity contribution in [2.75, 3.05) is 25.0 Å². The Hall–Kier alpha value is -2.53. The number of likely N-dealkylation sites (N-methyl/N-ethyl adjacent to an activating group) is 1. The second-order valence-corrected chi connectivity index (χ2v) is 10.2. The number of ether oxygens (including phenoxy) is 1. The monoisotopic (exact) mass is 431 g/mol. The molecule has 0 unspecified atom stereocenters. The van der Waals surface area contributed by atoms with E-state index in [4.69, 9.17) is 10.1 Å². The van der Waals surface area contributed by atoms with E-state index in [-0.39, 0.29) is 23.3 Å². The van der Waals surface area contributed by atoms with Gasteiger partial charge >= 0.3 is 0 Å². The number of fused-ring (bicyclic) bond motifs is 1. The summed E-state index contributed by atoms with van der Waals surface area (Å²) in [6, 6.07) is 13.1. The van der Waals surface area contributed by atoms with Gasteiger partial charge in [0, 0.05) is 35.5 Å². The summed E-state index contributed by atoms with van der Waals surface area (Å²) in [5, 5.41) is 18.8. The van der Waals surface area contributed by atoms with Crippen molar-refractivity contribution in [3.63, 3.8) is 0 Å². The van der Waals surface area contributed by atoms with Gasteiger partial charge in [0.1, 0.15) is 6.10 Å². The minimum atomic E-state index is -0.0695. The first-order chi connectivity index (χ1) is 15.6. The van der Waals surface area contributed by atoms with Crippen molar-refractivity contribution in [3.05, 3.63) is 53.1 Å². The lowest BCUT2D eigenvalue weighted by atomic mass is 9.62. The maximum atomic E-state index is 10.8. The molecule has 0 saturated heterocycles. The molecule has 5 heteroatoms. The van der Waals surface area contributed by atoms with E-state index >= 15 is 0 Å². The molecule has 1 spiro atoms. The molecule has 1 saturated carbocycles. The average molecular weight is 432 g/mol. The highest BCUT2D eigenvalue weighted by Crippen LogP contribution is 2.58. The molecule has 0 bridgehead atoms. The molecule has 3 aliphatic heterocycles. The van der Waals surface area contributed by atoms with Gasteiger partial charge in [-0.2, -0.15) is 0 Å². The number of phenolic OH excluding ortho intramolecular Hbond substituents is 1. The standard InChI is InChI=1S/C27H33N3O2/c1-29-15-13-27-12-4-9-22(30-14-5-7-18-6-2-3-8-21(18)30)26(27)32-25-23(31)11-10-19(24(25)27)16-20(29)17-28/h2-3,6,8,10-11,17,20,22,26,28,31H,4-5,7,9,12-16H2,1H3/t20-,22-,26+,27-/m1/s1. The fourth-order valence-electron chi connectivity index (χ4n) is 7.05. The summed E-state index contributed by atoms with van der Waals surface area (Å²) in [5.74, 6) is 0.994. The largest absolute Gasteiger partial charge is 0.504 e. The van der Waals surface area contributed by atoms with Crippen molar-refractivity contribution >= 4 is 11.9 Å². The molecule has 0 radical (unpaired) electrons. The molecule has 1 aliphatic carbocycles. The smallest absolute Gasteiger partial charge is 0.165 e. The summed E-state index contributed by atoms with van der Waals surface area (Å²) in [7, 11) is 2.14. The highest BCUT2D eigenvalue weighted by Gasteiger charge is 2.57. The molecule has 2 aromatic carbocycles. The van der Waals surface area contributed by atoms with E-state index in [9.17, 15) is 5.11 Å². The number of anilines is 1. The van der Waals surface area contributed by atoms with Crippen LogP contribution in [0.3, 0.4) is 0 Å². The Kier molecular flexibility index (Phi) is 4.72. The third-order valence-electron chi connectivity index (χ3n) is 8.63. The van der Waals surface area contributed by atoms with Gasteiger partial charge in [-0.1, -0.05) is 30.7 Å². The highest BCUT2D eigenvalue weighted by atomic mass is 16.5. The second kappa shape index (κ2) is 7.51. The Morgan fingerprint density at radius 1 is 1.09 bits per heavy atom. The highest BCUT2D eigenvalue weighted by molar-refractivity contribution is 5.65. The van der Waals surface area contributed by atoms with E-state index in [1.807, 2.05) is 0 Å². The first-order valence-corrected chi connectivity index (χ1v) is 12.2. The van der Waals surface area contributed by atoms with Crippen molar-refractivity contribution in [2.45, 2.75) is 68.5 Å². The number of aryl methyl sites for hydroxylation is 1. The molecule has 4 aliphatic rings. The van der Waals surface area contributed by atoms with Crippen LogP contribution in [0.15, 0.2) is 36.4 Å². The van der Waals surface area contributed by atoms with E-state index in [1.165, 1.54) is 35.2 Å². The number of para-hydroxylation sites is 1. The van der Waals surface area contributed by atoms with Gasteiger partial charge in [-0.25, -0.2) is 0 Å². The molecule has 4 atom stereocenters. The molecule has 3 heterocycles. The predicted molar refractivity (Wildman–Crippen MR) is 127 cm³/mol. The normalized spacial score (nSPS) is 31.5. The van der Waals surface area contributed by atoms with Gasteiger partial charge in [-0.05, 0) is 75.4 Å². The Morgan fingerprint density at radius 2 is 1.97 bits per heavy atom. The van der Waals surface area contributed by atoms with Crippen molar-refractivity contribution in [2.24, 2.45) is 0 Å². The lowest BCUT2D eigenvalue weighted by Crippen LogP contribution is -2.58. The Morgan fingerprint density at radius 3 is 2.84 bits per heavy atom.